The van der Waals surface area contributed by atoms with E-state index < -0.39 is 5.97 Å². The largest absolute Gasteiger partial charge is 0.493 e. The second-order valence-electron chi connectivity index (χ2n) is 6.26. The van der Waals surface area contributed by atoms with Gasteiger partial charge in [0.25, 0.3) is 0 Å². The lowest BCUT2D eigenvalue weighted by molar-refractivity contribution is -0.132. The highest BCUT2D eigenvalue weighted by atomic mass is 16.6. The quantitative estimate of drug-likeness (QED) is 0.194. The van der Waals surface area contributed by atoms with Gasteiger partial charge in [-0.1, -0.05) is 60.7 Å². The summed E-state index contributed by atoms with van der Waals surface area (Å²) in [7, 11) is 1.48. The maximum absolute atomic E-state index is 13.0. The van der Waals surface area contributed by atoms with Gasteiger partial charge in [-0.2, -0.15) is 5.10 Å². The van der Waals surface area contributed by atoms with E-state index in [-0.39, 0.29) is 11.5 Å². The molecule has 0 heterocycles. The van der Waals surface area contributed by atoms with E-state index in [9.17, 15) is 9.59 Å². The van der Waals surface area contributed by atoms with Crippen LogP contribution in [0.5, 0.6) is 11.5 Å². The maximum Gasteiger partial charge on any atom is 0.308 e. The predicted octanol–water partition coefficient (Wildman–Crippen LogP) is 4.33. The Morgan fingerprint density at radius 1 is 0.833 bits per heavy atom. The molecule has 0 saturated heterocycles. The van der Waals surface area contributed by atoms with Gasteiger partial charge >= 0.3 is 5.97 Å². The molecule has 6 heteroatoms. The van der Waals surface area contributed by atoms with Crippen LogP contribution in [0.1, 0.15) is 28.4 Å². The minimum Gasteiger partial charge on any atom is -0.493 e. The van der Waals surface area contributed by atoms with E-state index in [0.717, 1.165) is 0 Å². The molecule has 0 bridgehead atoms. The molecule has 0 spiro atoms. The fourth-order valence-corrected chi connectivity index (χ4v) is 2.71. The standard InChI is InChI=1S/C24H20N2O4/c1-17(27)30-21-14-13-18(15-22(21)29-2)16-25-26-23(19-9-5-3-6-10-19)24(28)20-11-7-4-8-12-20/h3-16H,1-2H3/b25-16-,26-23-. The molecule has 0 fully saturated rings. The second-order valence-corrected chi connectivity index (χ2v) is 6.26. The summed E-state index contributed by atoms with van der Waals surface area (Å²) in [6.45, 7) is 1.32. The van der Waals surface area contributed by atoms with Crippen molar-refractivity contribution in [2.24, 2.45) is 10.2 Å². The molecule has 0 radical (unpaired) electrons. The Balaban J connectivity index is 1.91. The van der Waals surface area contributed by atoms with Gasteiger partial charge < -0.3 is 9.47 Å². The first-order chi connectivity index (χ1) is 14.6. The van der Waals surface area contributed by atoms with E-state index in [2.05, 4.69) is 10.2 Å². The first kappa shape index (κ1) is 20.7. The van der Waals surface area contributed by atoms with Crippen LogP contribution >= 0.6 is 0 Å². The lowest BCUT2D eigenvalue weighted by Crippen LogP contribution is -2.15. The Morgan fingerprint density at radius 3 is 2.07 bits per heavy atom. The molecule has 0 aromatic heterocycles. The first-order valence-electron chi connectivity index (χ1n) is 9.21. The highest BCUT2D eigenvalue weighted by Gasteiger charge is 2.16. The van der Waals surface area contributed by atoms with Crippen LogP contribution in [-0.4, -0.2) is 30.8 Å². The number of nitrogens with zero attached hydrogens (tertiary/aromatic N) is 2. The van der Waals surface area contributed by atoms with Crippen LogP contribution in [0, 0.1) is 0 Å². The van der Waals surface area contributed by atoms with Crippen LogP contribution in [0.15, 0.2) is 89.1 Å². The first-order valence-corrected chi connectivity index (χ1v) is 9.21. The summed E-state index contributed by atoms with van der Waals surface area (Å²) in [5, 5.41) is 8.31. The minimum absolute atomic E-state index is 0.221. The number of benzene rings is 3. The zero-order chi connectivity index (χ0) is 21.3. The Bertz CT molecular complexity index is 1090. The third kappa shape index (κ3) is 5.26. The van der Waals surface area contributed by atoms with E-state index in [1.165, 1.54) is 20.2 Å². The molecular formula is C24H20N2O4. The van der Waals surface area contributed by atoms with Gasteiger partial charge in [0.15, 0.2) is 11.5 Å². The third-order valence-corrected chi connectivity index (χ3v) is 4.10. The van der Waals surface area contributed by atoms with Crippen molar-refractivity contribution in [1.29, 1.82) is 0 Å². The summed E-state index contributed by atoms with van der Waals surface area (Å²) in [5.41, 5.74) is 2.11. The third-order valence-electron chi connectivity index (χ3n) is 4.10. The van der Waals surface area contributed by atoms with Gasteiger partial charge in [0.1, 0.15) is 5.71 Å². The van der Waals surface area contributed by atoms with Crippen molar-refractivity contribution < 1.29 is 19.1 Å². The molecule has 0 aliphatic heterocycles. The van der Waals surface area contributed by atoms with Crippen molar-refractivity contribution in [2.75, 3.05) is 7.11 Å². The number of ether oxygens (including phenoxy) is 2. The van der Waals surface area contributed by atoms with Crippen molar-refractivity contribution in [1.82, 2.24) is 0 Å². The monoisotopic (exact) mass is 400 g/mol. The van der Waals surface area contributed by atoms with Crippen molar-refractivity contribution >= 4 is 23.7 Å². The normalized spacial score (nSPS) is 11.3. The molecule has 6 nitrogen and oxygen atoms in total. The van der Waals surface area contributed by atoms with E-state index >= 15 is 0 Å². The lowest BCUT2D eigenvalue weighted by atomic mass is 10.0. The topological polar surface area (TPSA) is 77.3 Å². The second kappa shape index (κ2) is 9.93. The molecule has 0 N–H and O–H groups in total. The zero-order valence-electron chi connectivity index (χ0n) is 16.6. The van der Waals surface area contributed by atoms with Crippen molar-refractivity contribution in [3.63, 3.8) is 0 Å². The van der Waals surface area contributed by atoms with Gasteiger partial charge in [-0.05, 0) is 23.8 Å². The van der Waals surface area contributed by atoms with Crippen LogP contribution in [0.25, 0.3) is 0 Å². The van der Waals surface area contributed by atoms with Crippen LogP contribution in [0.4, 0.5) is 0 Å². The van der Waals surface area contributed by atoms with E-state index in [1.54, 1.807) is 42.5 Å². The summed E-state index contributed by atoms with van der Waals surface area (Å²) < 4.78 is 10.3. The van der Waals surface area contributed by atoms with E-state index in [1.807, 2.05) is 36.4 Å². The summed E-state index contributed by atoms with van der Waals surface area (Å²) >= 11 is 0. The number of ketones is 1. The fourth-order valence-electron chi connectivity index (χ4n) is 2.71. The van der Waals surface area contributed by atoms with Crippen molar-refractivity contribution in [3.05, 3.63) is 95.6 Å². The molecule has 30 heavy (non-hydrogen) atoms. The molecule has 0 saturated carbocycles. The maximum atomic E-state index is 13.0. The van der Waals surface area contributed by atoms with Crippen LogP contribution in [0.3, 0.4) is 0 Å². The van der Waals surface area contributed by atoms with Gasteiger partial charge in [-0.25, -0.2) is 0 Å². The Morgan fingerprint density at radius 2 is 1.47 bits per heavy atom. The number of hydrogen-bond acceptors (Lipinski definition) is 6. The molecule has 3 rings (SSSR count). The smallest absolute Gasteiger partial charge is 0.308 e. The lowest BCUT2D eigenvalue weighted by Gasteiger charge is -2.08. The van der Waals surface area contributed by atoms with Gasteiger partial charge in [-0.3, -0.25) is 9.59 Å². The summed E-state index contributed by atoms with van der Waals surface area (Å²) in [6.07, 6.45) is 1.50. The number of Topliss-reactive ketones (excluding diaryl/α,β-unsaturated/α-hetero) is 1. The molecular weight excluding hydrogens is 380 g/mol. The van der Waals surface area contributed by atoms with Gasteiger partial charge in [0.05, 0.1) is 13.3 Å². The molecule has 0 aliphatic rings. The Kier molecular flexibility index (Phi) is 6.84. The molecule has 150 valence electrons. The van der Waals surface area contributed by atoms with Gasteiger partial charge in [-0.15, -0.1) is 5.10 Å². The zero-order valence-corrected chi connectivity index (χ0v) is 16.6. The number of carbonyl (C=O) groups is 2. The minimum atomic E-state index is -0.439. The summed E-state index contributed by atoms with van der Waals surface area (Å²) in [6, 6.07) is 23.1. The van der Waals surface area contributed by atoms with Crippen LogP contribution in [0.2, 0.25) is 0 Å². The summed E-state index contributed by atoms with van der Waals surface area (Å²) in [5.74, 6) is 0.0460. The highest BCUT2D eigenvalue weighted by molar-refractivity contribution is 6.51. The number of carbonyl (C=O) groups excluding carboxylic acids is 2. The highest BCUT2D eigenvalue weighted by Crippen LogP contribution is 2.27. The van der Waals surface area contributed by atoms with Gasteiger partial charge in [0.2, 0.25) is 5.78 Å². The van der Waals surface area contributed by atoms with Crippen molar-refractivity contribution in [3.8, 4) is 11.5 Å². The summed E-state index contributed by atoms with van der Waals surface area (Å²) in [4.78, 5) is 24.1. The van der Waals surface area contributed by atoms with E-state index in [4.69, 9.17) is 9.47 Å². The number of hydrogen-bond donors (Lipinski definition) is 0. The number of esters is 1. The Hall–Kier alpha value is -4.06. The number of methoxy groups -OCH3 is 1. The molecule has 0 unspecified atom stereocenters. The molecule has 3 aromatic carbocycles. The van der Waals surface area contributed by atoms with Crippen LogP contribution in [-0.2, 0) is 4.79 Å². The predicted molar refractivity (Wildman–Crippen MR) is 116 cm³/mol. The van der Waals surface area contributed by atoms with E-state index in [0.29, 0.717) is 28.2 Å². The van der Waals surface area contributed by atoms with Crippen molar-refractivity contribution in [2.45, 2.75) is 6.92 Å². The fraction of sp³-hybridized carbons (Fsp3) is 0.0833. The Labute approximate surface area is 174 Å². The molecule has 0 aliphatic carbocycles. The average molecular weight is 400 g/mol. The SMILES string of the molecule is COc1cc(/C=N\N=C(/C(=O)c2ccccc2)c2ccccc2)ccc1OC(C)=O. The van der Waals surface area contributed by atoms with Crippen LogP contribution < -0.4 is 9.47 Å². The molecule has 0 atom stereocenters. The molecule has 3 aromatic rings. The average Bonchev–Trinajstić information content (AvgIpc) is 2.78. The molecule has 0 amide bonds. The van der Waals surface area contributed by atoms with Gasteiger partial charge in [0, 0.05) is 18.1 Å². The number of rotatable bonds is 7.